The van der Waals surface area contributed by atoms with Gasteiger partial charge in [-0.15, -0.1) is 0 Å². The van der Waals surface area contributed by atoms with Crippen LogP contribution in [0.3, 0.4) is 0 Å². The van der Waals surface area contributed by atoms with E-state index in [1.54, 1.807) is 45.5 Å². The zero-order chi connectivity index (χ0) is 37.5. The quantitative estimate of drug-likeness (QED) is 0.128. The van der Waals surface area contributed by atoms with Gasteiger partial charge in [0.1, 0.15) is 12.1 Å². The molecule has 5 rings (SSSR count). The van der Waals surface area contributed by atoms with Crippen LogP contribution in [0.15, 0.2) is 48.9 Å². The highest BCUT2D eigenvalue weighted by Crippen LogP contribution is 2.32. The second kappa shape index (κ2) is 16.6. The standard InChI is InChI=1S/C35H41F2N9O6/c1-20-18-21(42-31-32-41-19-26(46(32)13-12-40-31)23-7-9-27(52-2)30(37)29(23)36)5-6-22(20)33(48)44-14-16-45(17-15-44)34(49)25(4-3-11-38)43-28(47)10-8-24(39)35(50)51/h5-7,9,12-13,18-19,24-25H,3-4,8,10-11,14-17,38-39H2,1-2H3,(H,40,42)(H,43,47)(H,50,51). The van der Waals surface area contributed by atoms with Gasteiger partial charge in [-0.2, -0.15) is 4.39 Å². The molecule has 2 aromatic carbocycles. The lowest BCUT2D eigenvalue weighted by Crippen LogP contribution is -2.56. The number of aromatic nitrogens is 3. The molecule has 1 fully saturated rings. The van der Waals surface area contributed by atoms with Gasteiger partial charge >= 0.3 is 5.97 Å². The van der Waals surface area contributed by atoms with Crippen LogP contribution in [0.1, 0.15) is 41.6 Å². The Hall–Kier alpha value is -5.68. The molecule has 276 valence electrons. The van der Waals surface area contributed by atoms with E-state index in [9.17, 15) is 28.0 Å². The molecule has 1 aliphatic rings. The first-order chi connectivity index (χ1) is 24.9. The number of aliphatic carboxylic acids is 1. The van der Waals surface area contributed by atoms with Crippen molar-refractivity contribution in [3.05, 3.63) is 71.7 Å². The van der Waals surface area contributed by atoms with E-state index in [1.807, 2.05) is 0 Å². The molecule has 17 heteroatoms. The molecule has 1 aliphatic heterocycles. The van der Waals surface area contributed by atoms with Gasteiger partial charge in [-0.25, -0.2) is 14.4 Å². The number of nitrogens with one attached hydrogen (secondary N) is 2. The summed E-state index contributed by atoms with van der Waals surface area (Å²) in [5, 5.41) is 14.9. The first kappa shape index (κ1) is 37.6. The van der Waals surface area contributed by atoms with E-state index in [-0.39, 0.29) is 62.1 Å². The molecule has 2 atom stereocenters. The highest BCUT2D eigenvalue weighted by atomic mass is 19.2. The fourth-order valence-corrected chi connectivity index (χ4v) is 5.99. The highest BCUT2D eigenvalue weighted by molar-refractivity contribution is 5.96. The number of amides is 3. The molecule has 0 aliphatic carbocycles. The highest BCUT2D eigenvalue weighted by Gasteiger charge is 2.31. The average Bonchev–Trinajstić information content (AvgIpc) is 3.58. The third kappa shape index (κ3) is 8.26. The number of ether oxygens (including phenoxy) is 1. The minimum absolute atomic E-state index is 0.000567. The molecule has 7 N–H and O–H groups in total. The Morgan fingerprint density at radius 2 is 1.75 bits per heavy atom. The van der Waals surface area contributed by atoms with Crippen LogP contribution in [-0.2, 0) is 14.4 Å². The van der Waals surface area contributed by atoms with Crippen molar-refractivity contribution in [2.75, 3.05) is 45.2 Å². The van der Waals surface area contributed by atoms with Crippen molar-refractivity contribution >= 4 is 40.8 Å². The number of aryl methyl sites for hydroxylation is 1. The molecule has 3 heterocycles. The molecule has 4 aromatic rings. The monoisotopic (exact) mass is 721 g/mol. The van der Waals surface area contributed by atoms with Gasteiger partial charge in [0.25, 0.3) is 5.91 Å². The maximum atomic E-state index is 14.9. The number of nitrogens with two attached hydrogens (primary N) is 2. The number of carboxylic acid groups (broad SMARTS) is 1. The van der Waals surface area contributed by atoms with Crippen molar-refractivity contribution in [3.8, 4) is 17.0 Å². The molecule has 2 aromatic heterocycles. The predicted octanol–water partition coefficient (Wildman–Crippen LogP) is 2.44. The molecular weight excluding hydrogens is 680 g/mol. The molecule has 52 heavy (non-hydrogen) atoms. The largest absolute Gasteiger partial charge is 0.494 e. The lowest BCUT2D eigenvalue weighted by atomic mass is 10.1. The van der Waals surface area contributed by atoms with E-state index < -0.39 is 35.6 Å². The number of imidazole rings is 1. The van der Waals surface area contributed by atoms with Crippen molar-refractivity contribution in [2.24, 2.45) is 11.5 Å². The van der Waals surface area contributed by atoms with Crippen molar-refractivity contribution < 1.29 is 37.8 Å². The zero-order valence-electron chi connectivity index (χ0n) is 28.8. The first-order valence-corrected chi connectivity index (χ1v) is 16.7. The number of carboxylic acids is 1. The molecule has 3 amide bonds. The molecular formula is C35H41F2N9O6. The third-order valence-electron chi connectivity index (χ3n) is 8.90. The minimum atomic E-state index is -1.21. The zero-order valence-corrected chi connectivity index (χ0v) is 28.8. The van der Waals surface area contributed by atoms with Crippen molar-refractivity contribution in [2.45, 2.75) is 44.7 Å². The topological polar surface area (TPSA) is 211 Å². The molecule has 0 spiro atoms. The van der Waals surface area contributed by atoms with Crippen LogP contribution in [0.4, 0.5) is 20.3 Å². The van der Waals surface area contributed by atoms with Crippen LogP contribution in [0.2, 0.25) is 0 Å². The van der Waals surface area contributed by atoms with E-state index >= 15 is 0 Å². The summed E-state index contributed by atoms with van der Waals surface area (Å²) in [6.07, 6.45) is 5.12. The lowest BCUT2D eigenvalue weighted by Gasteiger charge is -2.37. The second-order valence-electron chi connectivity index (χ2n) is 12.4. The summed E-state index contributed by atoms with van der Waals surface area (Å²) in [7, 11) is 1.26. The molecule has 1 saturated heterocycles. The third-order valence-corrected chi connectivity index (χ3v) is 8.90. The van der Waals surface area contributed by atoms with Crippen LogP contribution in [0, 0.1) is 18.6 Å². The molecule has 0 bridgehead atoms. The van der Waals surface area contributed by atoms with Crippen LogP contribution in [0.25, 0.3) is 16.9 Å². The maximum absolute atomic E-state index is 14.9. The Morgan fingerprint density at radius 1 is 1.02 bits per heavy atom. The van der Waals surface area contributed by atoms with Crippen LogP contribution < -0.4 is 26.8 Å². The van der Waals surface area contributed by atoms with E-state index in [1.165, 1.54) is 31.6 Å². The predicted molar refractivity (Wildman–Crippen MR) is 187 cm³/mol. The Kier molecular flexibility index (Phi) is 12.0. The molecule has 2 unspecified atom stereocenters. The number of carbonyl (C=O) groups excluding carboxylic acids is 3. The first-order valence-electron chi connectivity index (χ1n) is 16.7. The lowest BCUT2D eigenvalue weighted by molar-refractivity contribution is -0.139. The van der Waals surface area contributed by atoms with Gasteiger partial charge < -0.3 is 41.7 Å². The number of rotatable bonds is 14. The second-order valence-corrected chi connectivity index (χ2v) is 12.4. The number of fused-ring (bicyclic) bond motifs is 1. The summed E-state index contributed by atoms with van der Waals surface area (Å²) in [6.45, 7) is 3.21. The molecule has 0 radical (unpaired) electrons. The molecule has 15 nitrogen and oxygen atoms in total. The number of halogens is 2. The average molecular weight is 722 g/mol. The van der Waals surface area contributed by atoms with Crippen LogP contribution in [0.5, 0.6) is 5.75 Å². The number of hydrogen-bond acceptors (Lipinski definition) is 10. The number of piperazine rings is 1. The van der Waals surface area contributed by atoms with E-state index in [0.29, 0.717) is 53.4 Å². The van der Waals surface area contributed by atoms with Gasteiger partial charge in [-0.1, -0.05) is 0 Å². The van der Waals surface area contributed by atoms with Crippen molar-refractivity contribution in [1.29, 1.82) is 0 Å². The van der Waals surface area contributed by atoms with Gasteiger partial charge in [-0.05, 0) is 68.6 Å². The number of anilines is 2. The summed E-state index contributed by atoms with van der Waals surface area (Å²) in [6, 6.07) is 5.95. The number of hydrogen-bond donors (Lipinski definition) is 5. The van der Waals surface area contributed by atoms with E-state index in [0.717, 1.165) is 0 Å². The van der Waals surface area contributed by atoms with Crippen molar-refractivity contribution in [3.63, 3.8) is 0 Å². The van der Waals surface area contributed by atoms with Gasteiger partial charge in [-0.3, -0.25) is 23.6 Å². The minimum Gasteiger partial charge on any atom is -0.494 e. The smallest absolute Gasteiger partial charge is 0.320 e. The number of nitrogens with zero attached hydrogens (tertiary/aromatic N) is 5. The fourth-order valence-electron chi connectivity index (χ4n) is 5.99. The van der Waals surface area contributed by atoms with Crippen molar-refractivity contribution in [1.82, 2.24) is 29.5 Å². The molecule has 0 saturated carbocycles. The van der Waals surface area contributed by atoms with Crippen LogP contribution in [-0.4, -0.2) is 105 Å². The summed E-state index contributed by atoms with van der Waals surface area (Å²) < 4.78 is 35.8. The number of carbonyl (C=O) groups is 4. The summed E-state index contributed by atoms with van der Waals surface area (Å²) in [5.41, 5.74) is 13.6. The van der Waals surface area contributed by atoms with Gasteiger partial charge in [0.15, 0.2) is 23.0 Å². The number of methoxy groups -OCH3 is 1. The van der Waals surface area contributed by atoms with E-state index in [4.69, 9.17) is 21.3 Å². The Labute approximate surface area is 297 Å². The number of benzene rings is 2. The summed E-state index contributed by atoms with van der Waals surface area (Å²) in [4.78, 5) is 62.4. The van der Waals surface area contributed by atoms with Crippen LogP contribution >= 0.6 is 0 Å². The maximum Gasteiger partial charge on any atom is 0.320 e. The van der Waals surface area contributed by atoms with Gasteiger partial charge in [0.05, 0.1) is 19.0 Å². The Morgan fingerprint density at radius 3 is 2.42 bits per heavy atom. The Balaban J connectivity index is 1.22. The van der Waals surface area contributed by atoms with Gasteiger partial charge in [0, 0.05) is 61.8 Å². The fraction of sp³-hybridized carbons (Fsp3) is 0.371. The summed E-state index contributed by atoms with van der Waals surface area (Å²) >= 11 is 0. The summed E-state index contributed by atoms with van der Waals surface area (Å²) in [5.74, 6) is -4.20. The van der Waals surface area contributed by atoms with E-state index in [2.05, 4.69) is 20.6 Å². The van der Waals surface area contributed by atoms with Gasteiger partial charge in [0.2, 0.25) is 17.6 Å². The Bertz CT molecular complexity index is 1960. The normalized spacial score (nSPS) is 14.2. The SMILES string of the molecule is COc1ccc(-c2cnc3c(Nc4ccc(C(=O)N5CCN(C(=O)C(CCCN)NC(=O)CCC(N)C(=O)O)CC5)c(C)c4)nccn23)c(F)c1F.